The molecule has 5 nitrogen and oxygen atoms in total. The van der Waals surface area contributed by atoms with Crippen molar-refractivity contribution in [1.29, 1.82) is 0 Å². The van der Waals surface area contributed by atoms with Gasteiger partial charge in [0.1, 0.15) is 22.8 Å². The van der Waals surface area contributed by atoms with Crippen molar-refractivity contribution in [1.82, 2.24) is 5.16 Å². The highest BCUT2D eigenvalue weighted by Gasteiger charge is 2.23. The van der Waals surface area contributed by atoms with Crippen LogP contribution in [0, 0.1) is 6.92 Å². The average Bonchev–Trinajstić information content (AvgIpc) is 2.96. The number of hydrogen-bond donors (Lipinski definition) is 1. The third-order valence-electron chi connectivity index (χ3n) is 3.54. The number of halogens is 3. The second kappa shape index (κ2) is 7.53. The van der Waals surface area contributed by atoms with Gasteiger partial charge in [-0.15, -0.1) is 0 Å². The Morgan fingerprint density at radius 1 is 1.23 bits per heavy atom. The zero-order valence-corrected chi connectivity index (χ0v) is 14.3. The second-order valence-corrected chi connectivity index (χ2v) is 5.71. The van der Waals surface area contributed by atoms with Gasteiger partial charge in [-0.05, 0) is 25.1 Å². The van der Waals surface area contributed by atoms with E-state index >= 15 is 0 Å². The lowest BCUT2D eigenvalue weighted by Crippen LogP contribution is -2.13. The molecule has 0 aliphatic rings. The van der Waals surface area contributed by atoms with Crippen LogP contribution in [0.1, 0.15) is 16.1 Å². The number of ether oxygens (including phenoxy) is 1. The molecule has 8 heteroatoms. The van der Waals surface area contributed by atoms with Crippen LogP contribution < -0.4 is 10.1 Å². The minimum Gasteiger partial charge on any atom is -0.435 e. The number of nitrogens with one attached hydrogen (secondary N) is 1. The van der Waals surface area contributed by atoms with Crippen molar-refractivity contribution in [3.63, 3.8) is 0 Å². The summed E-state index contributed by atoms with van der Waals surface area (Å²) < 4.78 is 34.1. The van der Waals surface area contributed by atoms with Gasteiger partial charge in [0.05, 0.1) is 5.02 Å². The molecule has 0 saturated heterocycles. The lowest BCUT2D eigenvalue weighted by atomic mass is 10.1. The Morgan fingerprint density at radius 3 is 2.73 bits per heavy atom. The van der Waals surface area contributed by atoms with E-state index in [0.717, 1.165) is 0 Å². The van der Waals surface area contributed by atoms with Crippen molar-refractivity contribution in [2.24, 2.45) is 0 Å². The lowest BCUT2D eigenvalue weighted by molar-refractivity contribution is -0.0497. The van der Waals surface area contributed by atoms with E-state index in [4.69, 9.17) is 16.1 Å². The smallest absolute Gasteiger partial charge is 0.387 e. The number of alkyl halides is 2. The topological polar surface area (TPSA) is 64.4 Å². The van der Waals surface area contributed by atoms with E-state index in [1.165, 1.54) is 18.2 Å². The first-order valence-electron chi connectivity index (χ1n) is 7.53. The summed E-state index contributed by atoms with van der Waals surface area (Å²) in [7, 11) is 0. The molecule has 3 aromatic rings. The molecule has 0 radical (unpaired) electrons. The summed E-state index contributed by atoms with van der Waals surface area (Å²) in [6, 6.07) is 12.6. The van der Waals surface area contributed by atoms with Crippen molar-refractivity contribution in [3.8, 4) is 17.0 Å². The van der Waals surface area contributed by atoms with Crippen molar-refractivity contribution in [2.45, 2.75) is 13.5 Å². The van der Waals surface area contributed by atoms with Crippen LogP contribution in [0.4, 0.5) is 14.5 Å². The minimum absolute atomic E-state index is 0.0637. The largest absolute Gasteiger partial charge is 0.435 e. The lowest BCUT2D eigenvalue weighted by Gasteiger charge is -2.09. The van der Waals surface area contributed by atoms with Gasteiger partial charge in [-0.2, -0.15) is 8.78 Å². The SMILES string of the molecule is Cc1onc(-c2ccccc2Cl)c1C(=O)Nc1cccc(OC(F)F)c1. The van der Waals surface area contributed by atoms with Crippen LogP contribution in [0.5, 0.6) is 5.75 Å². The quantitative estimate of drug-likeness (QED) is 0.666. The number of benzene rings is 2. The molecule has 0 aliphatic carbocycles. The van der Waals surface area contributed by atoms with Crippen LogP contribution in [0.2, 0.25) is 5.02 Å². The molecule has 0 aliphatic heterocycles. The van der Waals surface area contributed by atoms with Gasteiger partial charge in [-0.1, -0.05) is 41.0 Å². The number of nitrogens with zero attached hydrogens (tertiary/aromatic N) is 1. The number of carbonyl (C=O) groups excluding carboxylic acids is 1. The van der Waals surface area contributed by atoms with Gasteiger partial charge in [0.2, 0.25) is 0 Å². The zero-order valence-electron chi connectivity index (χ0n) is 13.5. The fourth-order valence-corrected chi connectivity index (χ4v) is 2.65. The van der Waals surface area contributed by atoms with Crippen LogP contribution >= 0.6 is 11.6 Å². The Balaban J connectivity index is 1.90. The fraction of sp³-hybridized carbons (Fsp3) is 0.111. The van der Waals surface area contributed by atoms with E-state index in [-0.39, 0.29) is 11.3 Å². The van der Waals surface area contributed by atoms with Gasteiger partial charge in [-0.3, -0.25) is 4.79 Å². The predicted octanol–water partition coefficient (Wildman–Crippen LogP) is 5.16. The molecule has 3 rings (SSSR count). The molecule has 0 saturated carbocycles. The Hall–Kier alpha value is -2.93. The number of amides is 1. The summed E-state index contributed by atoms with van der Waals surface area (Å²) in [5.74, 6) is -0.267. The highest BCUT2D eigenvalue weighted by Crippen LogP contribution is 2.31. The molecule has 1 heterocycles. The van der Waals surface area contributed by atoms with Gasteiger partial charge in [0.15, 0.2) is 0 Å². The van der Waals surface area contributed by atoms with Gasteiger partial charge in [0.25, 0.3) is 5.91 Å². The third kappa shape index (κ3) is 3.83. The number of aromatic nitrogens is 1. The molecule has 1 aromatic heterocycles. The van der Waals surface area contributed by atoms with Crippen molar-refractivity contribution in [3.05, 3.63) is 64.9 Å². The Bertz CT molecular complexity index is 944. The van der Waals surface area contributed by atoms with Gasteiger partial charge in [0, 0.05) is 17.3 Å². The Labute approximate surface area is 152 Å². The third-order valence-corrected chi connectivity index (χ3v) is 3.87. The monoisotopic (exact) mass is 378 g/mol. The number of aryl methyl sites for hydroxylation is 1. The normalized spacial score (nSPS) is 10.8. The van der Waals surface area contributed by atoms with E-state index in [2.05, 4.69) is 15.2 Å². The molecule has 0 bridgehead atoms. The summed E-state index contributed by atoms with van der Waals surface area (Å²) in [6.45, 7) is -1.36. The van der Waals surface area contributed by atoms with E-state index in [1.807, 2.05) is 0 Å². The molecule has 0 atom stereocenters. The standard InChI is InChI=1S/C18H13ClF2N2O3/c1-10-15(16(23-26-10)13-7-2-3-8-14(13)19)17(24)22-11-5-4-6-12(9-11)25-18(20)21/h2-9,18H,1H3,(H,22,24). The number of anilines is 1. The van der Waals surface area contributed by atoms with Crippen molar-refractivity contribution >= 4 is 23.2 Å². The maximum atomic E-state index is 12.7. The summed E-state index contributed by atoms with van der Waals surface area (Å²) in [4.78, 5) is 12.7. The molecule has 2 aromatic carbocycles. The first-order valence-corrected chi connectivity index (χ1v) is 7.91. The number of rotatable bonds is 5. The van der Waals surface area contributed by atoms with Crippen LogP contribution in [-0.2, 0) is 0 Å². The summed E-state index contributed by atoms with van der Waals surface area (Å²) in [5, 5.41) is 6.96. The first kappa shape index (κ1) is 17.9. The molecule has 1 N–H and O–H groups in total. The maximum Gasteiger partial charge on any atom is 0.387 e. The molecule has 0 unspecified atom stereocenters. The van der Waals surface area contributed by atoms with Gasteiger partial charge >= 0.3 is 6.61 Å². The fourth-order valence-electron chi connectivity index (χ4n) is 2.42. The van der Waals surface area contributed by atoms with Crippen LogP contribution in [-0.4, -0.2) is 17.7 Å². The Morgan fingerprint density at radius 2 is 2.00 bits per heavy atom. The number of hydrogen-bond acceptors (Lipinski definition) is 4. The van der Waals surface area contributed by atoms with E-state index in [0.29, 0.717) is 27.7 Å². The number of carbonyl (C=O) groups is 1. The Kier molecular flexibility index (Phi) is 5.18. The van der Waals surface area contributed by atoms with E-state index < -0.39 is 12.5 Å². The summed E-state index contributed by atoms with van der Waals surface area (Å²) in [5.41, 5.74) is 1.34. The summed E-state index contributed by atoms with van der Waals surface area (Å²) in [6.07, 6.45) is 0. The van der Waals surface area contributed by atoms with Crippen molar-refractivity contribution < 1.29 is 22.8 Å². The zero-order chi connectivity index (χ0) is 18.7. The molecule has 0 fully saturated rings. The van der Waals surface area contributed by atoms with Gasteiger partial charge < -0.3 is 14.6 Å². The minimum atomic E-state index is -2.95. The van der Waals surface area contributed by atoms with Gasteiger partial charge in [-0.25, -0.2) is 0 Å². The summed E-state index contributed by atoms with van der Waals surface area (Å²) >= 11 is 6.17. The molecular weight excluding hydrogens is 366 g/mol. The maximum absolute atomic E-state index is 12.7. The molecular formula is C18H13ClF2N2O3. The van der Waals surface area contributed by atoms with Crippen molar-refractivity contribution in [2.75, 3.05) is 5.32 Å². The highest BCUT2D eigenvalue weighted by atomic mass is 35.5. The van der Waals surface area contributed by atoms with E-state index in [1.54, 1.807) is 37.3 Å². The van der Waals surface area contributed by atoms with Crippen LogP contribution in [0.15, 0.2) is 53.1 Å². The highest BCUT2D eigenvalue weighted by molar-refractivity contribution is 6.33. The second-order valence-electron chi connectivity index (χ2n) is 5.30. The molecule has 134 valence electrons. The molecule has 26 heavy (non-hydrogen) atoms. The first-order chi connectivity index (χ1) is 12.5. The van der Waals surface area contributed by atoms with E-state index in [9.17, 15) is 13.6 Å². The van der Waals surface area contributed by atoms with Crippen LogP contribution in [0.25, 0.3) is 11.3 Å². The average molecular weight is 379 g/mol. The van der Waals surface area contributed by atoms with Crippen LogP contribution in [0.3, 0.4) is 0 Å². The molecule has 1 amide bonds. The predicted molar refractivity (Wildman–Crippen MR) is 92.7 cm³/mol. The molecule has 0 spiro atoms.